The van der Waals surface area contributed by atoms with Gasteiger partial charge in [-0.3, -0.25) is 15.0 Å². The van der Waals surface area contributed by atoms with E-state index in [1.165, 1.54) is 12.1 Å². The Bertz CT molecular complexity index is 827. The zero-order valence-electron chi connectivity index (χ0n) is 14.0. The molecule has 8 heteroatoms. The molecule has 0 bridgehead atoms. The highest BCUT2D eigenvalue weighted by molar-refractivity contribution is 5.55. The lowest BCUT2D eigenvalue weighted by molar-refractivity contribution is -0.384. The van der Waals surface area contributed by atoms with Gasteiger partial charge >= 0.3 is 0 Å². The van der Waals surface area contributed by atoms with Gasteiger partial charge in [0.15, 0.2) is 0 Å². The predicted molar refractivity (Wildman–Crippen MR) is 89.6 cm³/mol. The Morgan fingerprint density at radius 1 is 1.24 bits per heavy atom. The molecule has 3 rings (SSSR count). The number of benzene rings is 1. The van der Waals surface area contributed by atoms with Crippen LogP contribution in [0.4, 0.5) is 5.69 Å². The zero-order chi connectivity index (χ0) is 17.8. The Kier molecular flexibility index (Phi) is 4.90. The second-order valence-corrected chi connectivity index (χ2v) is 5.62. The van der Waals surface area contributed by atoms with Crippen LogP contribution in [-0.2, 0) is 6.54 Å². The predicted octanol–water partition coefficient (Wildman–Crippen LogP) is 3.82. The average molecular weight is 342 g/mol. The third-order valence-electron chi connectivity index (χ3n) is 4.04. The SMILES string of the molecule is CCN(Cc1ccoc1)[C@H](C)c1nnc(-c2ccc([N+](=O)[O-])cc2)o1. The first kappa shape index (κ1) is 16.8. The van der Waals surface area contributed by atoms with Crippen LogP contribution in [0.5, 0.6) is 0 Å². The summed E-state index contributed by atoms with van der Waals surface area (Å²) in [6.45, 7) is 5.58. The number of aromatic nitrogens is 2. The topological polar surface area (TPSA) is 98.4 Å². The molecule has 2 heterocycles. The zero-order valence-corrected chi connectivity index (χ0v) is 14.0. The van der Waals surface area contributed by atoms with E-state index in [0.29, 0.717) is 23.9 Å². The Morgan fingerprint density at radius 2 is 2.00 bits per heavy atom. The lowest BCUT2D eigenvalue weighted by atomic mass is 10.2. The number of nitro benzene ring substituents is 1. The molecule has 3 aromatic rings. The van der Waals surface area contributed by atoms with Gasteiger partial charge in [-0.25, -0.2) is 0 Å². The number of furan rings is 1. The molecule has 8 nitrogen and oxygen atoms in total. The van der Waals surface area contributed by atoms with Crippen LogP contribution >= 0.6 is 0 Å². The van der Waals surface area contributed by atoms with E-state index in [-0.39, 0.29) is 11.7 Å². The molecule has 0 fully saturated rings. The summed E-state index contributed by atoms with van der Waals surface area (Å²) >= 11 is 0. The molecule has 0 aliphatic carbocycles. The van der Waals surface area contributed by atoms with Crippen LogP contribution < -0.4 is 0 Å². The van der Waals surface area contributed by atoms with Crippen molar-refractivity contribution in [1.82, 2.24) is 15.1 Å². The Labute approximate surface area is 144 Å². The number of non-ortho nitro benzene ring substituents is 1. The highest BCUT2D eigenvalue weighted by Crippen LogP contribution is 2.26. The highest BCUT2D eigenvalue weighted by atomic mass is 16.6. The molecule has 1 aromatic carbocycles. The van der Waals surface area contributed by atoms with E-state index < -0.39 is 4.92 Å². The van der Waals surface area contributed by atoms with Gasteiger partial charge in [-0.1, -0.05) is 6.92 Å². The summed E-state index contributed by atoms with van der Waals surface area (Å²) in [6.07, 6.45) is 3.36. The summed E-state index contributed by atoms with van der Waals surface area (Å²) in [7, 11) is 0. The summed E-state index contributed by atoms with van der Waals surface area (Å²) in [5.41, 5.74) is 1.74. The van der Waals surface area contributed by atoms with Gasteiger partial charge in [0.1, 0.15) is 0 Å². The van der Waals surface area contributed by atoms with E-state index in [0.717, 1.165) is 12.1 Å². The number of nitrogens with zero attached hydrogens (tertiary/aromatic N) is 4. The molecule has 1 atom stereocenters. The molecule has 0 spiro atoms. The maximum Gasteiger partial charge on any atom is 0.269 e. The molecule has 0 saturated carbocycles. The third kappa shape index (κ3) is 3.74. The van der Waals surface area contributed by atoms with E-state index in [4.69, 9.17) is 8.83 Å². The van der Waals surface area contributed by atoms with Crippen molar-refractivity contribution in [2.45, 2.75) is 26.4 Å². The second kappa shape index (κ2) is 7.27. The summed E-state index contributed by atoms with van der Waals surface area (Å²) in [6, 6.07) is 7.89. The van der Waals surface area contributed by atoms with E-state index in [2.05, 4.69) is 22.0 Å². The van der Waals surface area contributed by atoms with Crippen molar-refractivity contribution < 1.29 is 13.8 Å². The maximum absolute atomic E-state index is 10.7. The molecule has 0 saturated heterocycles. The quantitative estimate of drug-likeness (QED) is 0.475. The molecular weight excluding hydrogens is 324 g/mol. The Morgan fingerprint density at radius 3 is 2.60 bits per heavy atom. The minimum atomic E-state index is -0.444. The third-order valence-corrected chi connectivity index (χ3v) is 4.04. The first-order valence-electron chi connectivity index (χ1n) is 7.92. The average Bonchev–Trinajstić information content (AvgIpc) is 3.31. The summed E-state index contributed by atoms with van der Waals surface area (Å²) < 4.78 is 10.9. The van der Waals surface area contributed by atoms with Gasteiger partial charge in [0, 0.05) is 29.8 Å². The van der Waals surface area contributed by atoms with Crippen LogP contribution in [0.25, 0.3) is 11.5 Å². The van der Waals surface area contributed by atoms with Crippen LogP contribution in [0.2, 0.25) is 0 Å². The summed E-state index contributed by atoms with van der Waals surface area (Å²) in [5, 5.41) is 18.9. The van der Waals surface area contributed by atoms with E-state index in [1.54, 1.807) is 24.7 Å². The fraction of sp³-hybridized carbons (Fsp3) is 0.294. The van der Waals surface area contributed by atoms with Crippen molar-refractivity contribution in [2.75, 3.05) is 6.54 Å². The molecule has 2 aromatic heterocycles. The largest absolute Gasteiger partial charge is 0.472 e. The molecule has 0 radical (unpaired) electrons. The van der Waals surface area contributed by atoms with Crippen molar-refractivity contribution in [2.24, 2.45) is 0 Å². The van der Waals surface area contributed by atoms with E-state index >= 15 is 0 Å². The van der Waals surface area contributed by atoms with Gasteiger partial charge in [0.05, 0.1) is 23.5 Å². The molecule has 0 unspecified atom stereocenters. The Balaban J connectivity index is 1.76. The van der Waals surface area contributed by atoms with Crippen molar-refractivity contribution in [1.29, 1.82) is 0 Å². The lowest BCUT2D eigenvalue weighted by Gasteiger charge is -2.24. The number of hydrogen-bond acceptors (Lipinski definition) is 7. The number of rotatable bonds is 7. The van der Waals surface area contributed by atoms with Crippen molar-refractivity contribution in [3.8, 4) is 11.5 Å². The highest BCUT2D eigenvalue weighted by Gasteiger charge is 2.21. The maximum atomic E-state index is 10.7. The number of hydrogen-bond donors (Lipinski definition) is 0. The molecular formula is C17H18N4O4. The van der Waals surface area contributed by atoms with Crippen LogP contribution in [0.15, 0.2) is 51.7 Å². The van der Waals surface area contributed by atoms with Gasteiger partial charge < -0.3 is 8.83 Å². The lowest BCUT2D eigenvalue weighted by Crippen LogP contribution is -2.26. The van der Waals surface area contributed by atoms with Gasteiger partial charge in [-0.2, -0.15) is 0 Å². The summed E-state index contributed by atoms with van der Waals surface area (Å²) in [4.78, 5) is 12.5. The van der Waals surface area contributed by atoms with Gasteiger partial charge in [0.25, 0.3) is 5.69 Å². The van der Waals surface area contributed by atoms with Crippen molar-refractivity contribution in [3.63, 3.8) is 0 Å². The van der Waals surface area contributed by atoms with Crippen LogP contribution in [-0.4, -0.2) is 26.6 Å². The second-order valence-electron chi connectivity index (χ2n) is 5.62. The standard InChI is InChI=1S/C17H18N4O4/c1-3-20(10-13-8-9-24-11-13)12(2)16-18-19-17(25-16)14-4-6-15(7-5-14)21(22)23/h4-9,11-12H,3,10H2,1-2H3/t12-/m1/s1. The van der Waals surface area contributed by atoms with E-state index in [1.807, 2.05) is 13.0 Å². The van der Waals surface area contributed by atoms with Gasteiger partial charge in [-0.05, 0) is 31.7 Å². The van der Waals surface area contributed by atoms with Crippen molar-refractivity contribution >= 4 is 5.69 Å². The van der Waals surface area contributed by atoms with Gasteiger partial charge in [-0.15, -0.1) is 10.2 Å². The number of nitro groups is 1. The van der Waals surface area contributed by atoms with Gasteiger partial charge in [0.2, 0.25) is 11.8 Å². The first-order valence-corrected chi connectivity index (χ1v) is 7.92. The Hall–Kier alpha value is -3.00. The first-order chi connectivity index (χ1) is 12.1. The minimum Gasteiger partial charge on any atom is -0.472 e. The normalized spacial score (nSPS) is 12.4. The van der Waals surface area contributed by atoms with Crippen LogP contribution in [0.1, 0.15) is 31.3 Å². The molecule has 0 aliphatic heterocycles. The fourth-order valence-electron chi connectivity index (χ4n) is 2.54. The smallest absolute Gasteiger partial charge is 0.269 e. The minimum absolute atomic E-state index is 0.0223. The summed E-state index contributed by atoms with van der Waals surface area (Å²) in [5.74, 6) is 0.842. The van der Waals surface area contributed by atoms with Crippen LogP contribution in [0.3, 0.4) is 0 Å². The molecule has 0 aliphatic rings. The molecule has 25 heavy (non-hydrogen) atoms. The molecule has 0 N–H and O–H groups in total. The fourth-order valence-corrected chi connectivity index (χ4v) is 2.54. The van der Waals surface area contributed by atoms with Crippen LogP contribution in [0, 0.1) is 10.1 Å². The monoisotopic (exact) mass is 342 g/mol. The molecule has 130 valence electrons. The van der Waals surface area contributed by atoms with E-state index in [9.17, 15) is 10.1 Å². The molecule has 0 amide bonds. The van der Waals surface area contributed by atoms with Crippen molar-refractivity contribution in [3.05, 3.63) is 64.4 Å².